The molecular weight excluding hydrogens is 312 g/mol. The van der Waals surface area contributed by atoms with E-state index in [-0.39, 0.29) is 0 Å². The zero-order chi connectivity index (χ0) is 17.8. The monoisotopic (exact) mass is 338 g/mol. The number of aromatic nitrogens is 2. The van der Waals surface area contributed by atoms with Crippen molar-refractivity contribution in [2.24, 2.45) is 0 Å². The van der Waals surface area contributed by atoms with Gasteiger partial charge in [-0.25, -0.2) is 4.98 Å². The first-order valence-corrected chi connectivity index (χ1v) is 8.94. The molecule has 1 N–H and O–H groups in total. The molecule has 0 saturated carbocycles. The number of rotatable bonds is 7. The fourth-order valence-corrected chi connectivity index (χ4v) is 3.25. The van der Waals surface area contributed by atoms with E-state index in [2.05, 4.69) is 42.5 Å². The van der Waals surface area contributed by atoms with E-state index in [1.807, 2.05) is 30.3 Å². The van der Waals surface area contributed by atoms with Gasteiger partial charge in [-0.05, 0) is 43.5 Å². The van der Waals surface area contributed by atoms with E-state index in [4.69, 9.17) is 4.74 Å². The lowest BCUT2D eigenvalue weighted by atomic mass is 10.1. The third-order valence-corrected chi connectivity index (χ3v) is 4.51. The SMILES string of the molecule is CCC[C@H](O)c1nc2ccccc2n1CCOc1c(C)cccc1C. The molecule has 0 bridgehead atoms. The van der Waals surface area contributed by atoms with Crippen LogP contribution >= 0.6 is 0 Å². The number of benzene rings is 2. The molecule has 0 fully saturated rings. The summed E-state index contributed by atoms with van der Waals surface area (Å²) in [5.74, 6) is 1.68. The first-order valence-electron chi connectivity index (χ1n) is 8.94. The average molecular weight is 338 g/mol. The maximum absolute atomic E-state index is 10.5. The van der Waals surface area contributed by atoms with E-state index < -0.39 is 6.10 Å². The van der Waals surface area contributed by atoms with Gasteiger partial charge in [-0.1, -0.05) is 43.7 Å². The van der Waals surface area contributed by atoms with E-state index in [9.17, 15) is 5.11 Å². The minimum atomic E-state index is -0.544. The minimum absolute atomic E-state index is 0.540. The molecule has 132 valence electrons. The Labute approximate surface area is 149 Å². The van der Waals surface area contributed by atoms with Crippen molar-refractivity contribution in [1.82, 2.24) is 9.55 Å². The Balaban J connectivity index is 1.83. The highest BCUT2D eigenvalue weighted by molar-refractivity contribution is 5.76. The van der Waals surface area contributed by atoms with E-state index in [0.29, 0.717) is 19.6 Å². The number of hydrogen-bond acceptors (Lipinski definition) is 3. The topological polar surface area (TPSA) is 47.3 Å². The Morgan fingerprint density at radius 1 is 1.08 bits per heavy atom. The maximum atomic E-state index is 10.5. The Bertz CT molecular complexity index is 834. The molecule has 3 aromatic rings. The highest BCUT2D eigenvalue weighted by Crippen LogP contribution is 2.25. The number of fused-ring (bicyclic) bond motifs is 1. The number of para-hydroxylation sites is 3. The van der Waals surface area contributed by atoms with Crippen molar-refractivity contribution in [3.05, 3.63) is 59.4 Å². The third-order valence-electron chi connectivity index (χ3n) is 4.51. The molecule has 0 aliphatic heterocycles. The van der Waals surface area contributed by atoms with Gasteiger partial charge in [-0.3, -0.25) is 0 Å². The fourth-order valence-electron chi connectivity index (χ4n) is 3.25. The third kappa shape index (κ3) is 3.69. The molecule has 25 heavy (non-hydrogen) atoms. The molecule has 0 aliphatic rings. The first-order chi connectivity index (χ1) is 12.1. The molecule has 0 unspecified atom stereocenters. The lowest BCUT2D eigenvalue weighted by Gasteiger charge is -2.16. The summed E-state index contributed by atoms with van der Waals surface area (Å²) in [6, 6.07) is 14.2. The number of aryl methyl sites for hydroxylation is 2. The number of hydrogen-bond donors (Lipinski definition) is 1. The van der Waals surface area contributed by atoms with Crippen molar-refractivity contribution < 1.29 is 9.84 Å². The highest BCUT2D eigenvalue weighted by atomic mass is 16.5. The van der Waals surface area contributed by atoms with E-state index >= 15 is 0 Å². The van der Waals surface area contributed by atoms with Crippen molar-refractivity contribution in [1.29, 1.82) is 0 Å². The van der Waals surface area contributed by atoms with Gasteiger partial charge in [0.1, 0.15) is 24.3 Å². The van der Waals surface area contributed by atoms with Gasteiger partial charge in [0.15, 0.2) is 0 Å². The molecule has 0 spiro atoms. The fraction of sp³-hybridized carbons (Fsp3) is 0.381. The molecule has 1 aromatic heterocycles. The van der Waals surface area contributed by atoms with E-state index in [1.54, 1.807) is 0 Å². The molecule has 0 saturated heterocycles. The van der Waals surface area contributed by atoms with Crippen LogP contribution in [0.4, 0.5) is 0 Å². The molecule has 2 aromatic carbocycles. The summed E-state index contributed by atoms with van der Waals surface area (Å²) in [7, 11) is 0. The summed E-state index contributed by atoms with van der Waals surface area (Å²) < 4.78 is 8.14. The molecule has 0 amide bonds. The molecular formula is C21H26N2O2. The minimum Gasteiger partial charge on any atom is -0.491 e. The maximum Gasteiger partial charge on any atom is 0.138 e. The van der Waals surface area contributed by atoms with Crippen LogP contribution in [0, 0.1) is 13.8 Å². The van der Waals surface area contributed by atoms with Gasteiger partial charge in [0.25, 0.3) is 0 Å². The van der Waals surface area contributed by atoms with Gasteiger partial charge >= 0.3 is 0 Å². The second-order valence-corrected chi connectivity index (χ2v) is 6.48. The predicted molar refractivity (Wildman–Crippen MR) is 101 cm³/mol. The van der Waals surface area contributed by atoms with Gasteiger partial charge in [0, 0.05) is 0 Å². The molecule has 3 rings (SSSR count). The summed E-state index contributed by atoms with van der Waals surface area (Å²) in [5, 5.41) is 10.5. The van der Waals surface area contributed by atoms with Crippen molar-refractivity contribution in [3.8, 4) is 5.75 Å². The molecule has 4 heteroatoms. The van der Waals surface area contributed by atoms with Crippen LogP contribution < -0.4 is 4.74 Å². The van der Waals surface area contributed by atoms with Crippen LogP contribution in [0.5, 0.6) is 5.75 Å². The van der Waals surface area contributed by atoms with Crippen LogP contribution in [-0.4, -0.2) is 21.3 Å². The van der Waals surface area contributed by atoms with Crippen LogP contribution in [-0.2, 0) is 6.54 Å². The Morgan fingerprint density at radius 3 is 2.52 bits per heavy atom. The number of aliphatic hydroxyl groups excluding tert-OH is 1. The van der Waals surface area contributed by atoms with Crippen molar-refractivity contribution in [2.45, 2.75) is 46.3 Å². The van der Waals surface area contributed by atoms with Gasteiger partial charge < -0.3 is 14.4 Å². The van der Waals surface area contributed by atoms with Gasteiger partial charge in [0.05, 0.1) is 17.6 Å². The molecule has 0 aliphatic carbocycles. The zero-order valence-corrected chi connectivity index (χ0v) is 15.2. The molecule has 4 nitrogen and oxygen atoms in total. The summed E-state index contributed by atoms with van der Waals surface area (Å²) in [6.45, 7) is 7.39. The normalized spacial score (nSPS) is 12.5. The molecule has 1 heterocycles. The van der Waals surface area contributed by atoms with E-state index in [0.717, 1.165) is 40.2 Å². The Kier molecular flexibility index (Phi) is 5.39. The number of ether oxygens (including phenoxy) is 1. The lowest BCUT2D eigenvalue weighted by molar-refractivity contribution is 0.150. The van der Waals surface area contributed by atoms with Crippen LogP contribution in [0.25, 0.3) is 11.0 Å². The largest absolute Gasteiger partial charge is 0.491 e. The first kappa shape index (κ1) is 17.5. The quantitative estimate of drug-likeness (QED) is 0.687. The summed E-state index contributed by atoms with van der Waals surface area (Å²) >= 11 is 0. The van der Waals surface area contributed by atoms with Gasteiger partial charge in [-0.15, -0.1) is 0 Å². The average Bonchev–Trinajstić information content (AvgIpc) is 2.97. The number of aliphatic hydroxyl groups is 1. The molecule has 1 atom stereocenters. The van der Waals surface area contributed by atoms with Crippen molar-refractivity contribution >= 4 is 11.0 Å². The summed E-state index contributed by atoms with van der Waals surface area (Å²) in [4.78, 5) is 4.65. The second-order valence-electron chi connectivity index (χ2n) is 6.48. The standard InChI is InChI=1S/C21H26N2O2/c1-4-8-19(24)21-22-17-11-5-6-12-18(17)23(21)13-14-25-20-15(2)9-7-10-16(20)3/h5-7,9-12,19,24H,4,8,13-14H2,1-3H3/t19-/m0/s1. The van der Waals surface area contributed by atoms with Gasteiger partial charge in [0.2, 0.25) is 0 Å². The Hall–Kier alpha value is -2.33. The van der Waals surface area contributed by atoms with Crippen LogP contribution in [0.15, 0.2) is 42.5 Å². The smallest absolute Gasteiger partial charge is 0.138 e. The van der Waals surface area contributed by atoms with Crippen molar-refractivity contribution in [2.75, 3.05) is 6.61 Å². The highest BCUT2D eigenvalue weighted by Gasteiger charge is 2.17. The summed E-state index contributed by atoms with van der Waals surface area (Å²) in [5.41, 5.74) is 4.24. The summed E-state index contributed by atoms with van der Waals surface area (Å²) in [6.07, 6.45) is 1.09. The molecule has 0 radical (unpaired) electrons. The van der Waals surface area contributed by atoms with Crippen molar-refractivity contribution in [3.63, 3.8) is 0 Å². The number of nitrogens with zero attached hydrogens (tertiary/aromatic N) is 2. The van der Waals surface area contributed by atoms with E-state index in [1.165, 1.54) is 0 Å². The predicted octanol–water partition coefficient (Wildman–Crippen LogP) is 4.57. The zero-order valence-electron chi connectivity index (χ0n) is 15.2. The van der Waals surface area contributed by atoms with Crippen LogP contribution in [0.2, 0.25) is 0 Å². The number of imidazole rings is 1. The van der Waals surface area contributed by atoms with Crippen LogP contribution in [0.3, 0.4) is 0 Å². The second kappa shape index (κ2) is 7.70. The Morgan fingerprint density at radius 2 is 1.80 bits per heavy atom. The van der Waals surface area contributed by atoms with Gasteiger partial charge in [-0.2, -0.15) is 0 Å². The lowest BCUT2D eigenvalue weighted by Crippen LogP contribution is -2.14. The van der Waals surface area contributed by atoms with Crippen LogP contribution in [0.1, 0.15) is 42.8 Å².